The third kappa shape index (κ3) is 7.51. The van der Waals surface area contributed by atoms with Gasteiger partial charge in [-0.1, -0.05) is 54.6 Å². The van der Waals surface area contributed by atoms with E-state index in [0.29, 0.717) is 19.4 Å². The fourth-order valence-electron chi connectivity index (χ4n) is 3.90. The molecule has 0 aliphatic carbocycles. The van der Waals surface area contributed by atoms with E-state index in [9.17, 15) is 9.59 Å². The van der Waals surface area contributed by atoms with Crippen LogP contribution in [0.1, 0.15) is 30.7 Å². The minimum atomic E-state index is -0.584. The van der Waals surface area contributed by atoms with Gasteiger partial charge in [0.05, 0.1) is 0 Å². The van der Waals surface area contributed by atoms with Crippen molar-refractivity contribution in [1.82, 2.24) is 15.1 Å². The molecular formula is C29H37N3O2S. The lowest BCUT2D eigenvalue weighted by Gasteiger charge is -2.30. The Labute approximate surface area is 213 Å². The van der Waals surface area contributed by atoms with Gasteiger partial charge in [-0.15, -0.1) is 11.3 Å². The van der Waals surface area contributed by atoms with Gasteiger partial charge in [-0.25, -0.2) is 0 Å². The maximum atomic E-state index is 13.6. The van der Waals surface area contributed by atoms with Crippen LogP contribution in [0, 0.1) is 0 Å². The quantitative estimate of drug-likeness (QED) is 0.388. The second-order valence-corrected chi connectivity index (χ2v) is 10.7. The zero-order chi connectivity index (χ0) is 25.4. The van der Waals surface area contributed by atoms with E-state index in [1.54, 1.807) is 34.3 Å². The molecule has 0 aliphatic heterocycles. The zero-order valence-corrected chi connectivity index (χ0v) is 22.3. The predicted octanol–water partition coefficient (Wildman–Crippen LogP) is 4.92. The number of hydrogen-bond acceptors (Lipinski definition) is 4. The SMILES string of the molecule is CNC(C)(C)C/C=C/C(=O)N(C)C(Cc1ccc2ccccc2c1)C(=O)N(C)CCc1cccs1. The van der Waals surface area contributed by atoms with Gasteiger partial charge >= 0.3 is 0 Å². The molecular weight excluding hydrogens is 454 g/mol. The maximum absolute atomic E-state index is 13.6. The van der Waals surface area contributed by atoms with Crippen molar-refractivity contribution in [1.29, 1.82) is 0 Å². The zero-order valence-electron chi connectivity index (χ0n) is 21.5. The summed E-state index contributed by atoms with van der Waals surface area (Å²) in [7, 11) is 5.46. The lowest BCUT2D eigenvalue weighted by molar-refractivity contribution is -0.141. The molecule has 0 radical (unpaired) electrons. The topological polar surface area (TPSA) is 52.7 Å². The number of thiophene rings is 1. The number of amides is 2. The predicted molar refractivity (Wildman–Crippen MR) is 147 cm³/mol. The number of likely N-dealkylation sites (N-methyl/N-ethyl adjacent to an activating group) is 2. The molecule has 5 nitrogen and oxygen atoms in total. The van der Waals surface area contributed by atoms with Gasteiger partial charge in [-0.05, 0) is 67.6 Å². The van der Waals surface area contributed by atoms with E-state index in [0.717, 1.165) is 22.8 Å². The third-order valence-electron chi connectivity index (χ3n) is 6.56. The molecule has 0 saturated carbocycles. The molecule has 3 rings (SSSR count). The first-order chi connectivity index (χ1) is 16.7. The van der Waals surface area contributed by atoms with Crippen molar-refractivity contribution in [3.8, 4) is 0 Å². The first-order valence-electron chi connectivity index (χ1n) is 12.1. The second kappa shape index (κ2) is 12.1. The molecule has 0 bridgehead atoms. The molecule has 1 heterocycles. The van der Waals surface area contributed by atoms with Crippen LogP contribution in [-0.4, -0.2) is 60.9 Å². The van der Waals surface area contributed by atoms with Crippen molar-refractivity contribution in [2.75, 3.05) is 27.7 Å². The summed E-state index contributed by atoms with van der Waals surface area (Å²) in [4.78, 5) is 31.3. The first-order valence-corrected chi connectivity index (χ1v) is 13.0. The van der Waals surface area contributed by atoms with Crippen molar-refractivity contribution >= 4 is 33.9 Å². The Kier molecular flexibility index (Phi) is 9.24. The number of fused-ring (bicyclic) bond motifs is 1. The van der Waals surface area contributed by atoms with E-state index in [-0.39, 0.29) is 17.4 Å². The Morgan fingerprint density at radius 2 is 1.80 bits per heavy atom. The van der Waals surface area contributed by atoms with Gasteiger partial charge in [-0.2, -0.15) is 0 Å². The standard InChI is InChI=1S/C29H37N3O2S/c1-29(2,30-3)17-8-13-27(33)32(5)26(28(34)31(4)18-16-25-12-9-19-35-25)21-22-14-15-23-10-6-7-11-24(23)20-22/h6-15,19-20,26,30H,16-18,21H2,1-5H3/b13-8+. The molecule has 1 unspecified atom stereocenters. The van der Waals surface area contributed by atoms with Crippen LogP contribution in [0.3, 0.4) is 0 Å². The Balaban J connectivity index is 1.79. The molecule has 35 heavy (non-hydrogen) atoms. The average molecular weight is 492 g/mol. The Morgan fingerprint density at radius 1 is 1.06 bits per heavy atom. The fraction of sp³-hybridized carbons (Fsp3) is 0.379. The highest BCUT2D eigenvalue weighted by Crippen LogP contribution is 2.19. The molecule has 186 valence electrons. The summed E-state index contributed by atoms with van der Waals surface area (Å²) in [6.07, 6.45) is 5.45. The van der Waals surface area contributed by atoms with Gasteiger partial charge in [0.1, 0.15) is 6.04 Å². The van der Waals surface area contributed by atoms with Crippen LogP contribution in [0.25, 0.3) is 10.8 Å². The number of rotatable bonds is 11. The summed E-state index contributed by atoms with van der Waals surface area (Å²) in [5.41, 5.74) is 0.936. The van der Waals surface area contributed by atoms with Crippen LogP contribution in [0.15, 0.2) is 72.1 Å². The molecule has 2 amide bonds. The van der Waals surface area contributed by atoms with Crippen LogP contribution in [0.2, 0.25) is 0 Å². The summed E-state index contributed by atoms with van der Waals surface area (Å²) >= 11 is 1.70. The molecule has 0 saturated heterocycles. The Bertz CT molecular complexity index is 1150. The first kappa shape index (κ1) is 26.6. The Hall–Kier alpha value is -2.96. The van der Waals surface area contributed by atoms with Crippen molar-refractivity contribution in [2.24, 2.45) is 0 Å². The van der Waals surface area contributed by atoms with Crippen LogP contribution in [-0.2, 0) is 22.4 Å². The number of carbonyl (C=O) groups excluding carboxylic acids is 2. The van der Waals surface area contributed by atoms with Crippen molar-refractivity contribution < 1.29 is 9.59 Å². The van der Waals surface area contributed by atoms with Crippen LogP contribution in [0.5, 0.6) is 0 Å². The normalized spacial score (nSPS) is 12.7. The van der Waals surface area contributed by atoms with Gasteiger partial charge in [0.15, 0.2) is 0 Å². The molecule has 2 aromatic carbocycles. The molecule has 0 fully saturated rings. The largest absolute Gasteiger partial charge is 0.344 e. The molecule has 1 aromatic heterocycles. The summed E-state index contributed by atoms with van der Waals surface area (Å²) in [5.74, 6) is -0.211. The minimum absolute atomic E-state index is 0.0467. The molecule has 3 aromatic rings. The second-order valence-electron chi connectivity index (χ2n) is 9.68. The number of carbonyl (C=O) groups is 2. The molecule has 0 aliphatic rings. The number of nitrogens with one attached hydrogen (secondary N) is 1. The van der Waals surface area contributed by atoms with Crippen LogP contribution in [0.4, 0.5) is 0 Å². The van der Waals surface area contributed by atoms with Gasteiger partial charge in [0.25, 0.3) is 0 Å². The maximum Gasteiger partial charge on any atom is 0.246 e. The van der Waals surface area contributed by atoms with Crippen molar-refractivity contribution in [3.63, 3.8) is 0 Å². The van der Waals surface area contributed by atoms with Crippen molar-refractivity contribution in [3.05, 3.63) is 82.6 Å². The third-order valence-corrected chi connectivity index (χ3v) is 7.49. The van der Waals surface area contributed by atoms with Crippen LogP contribution < -0.4 is 5.32 Å². The lowest BCUT2D eigenvalue weighted by Crippen LogP contribution is -2.49. The average Bonchev–Trinajstić information content (AvgIpc) is 3.38. The Morgan fingerprint density at radius 3 is 2.49 bits per heavy atom. The summed E-state index contributed by atoms with van der Waals surface area (Å²) in [6, 6.07) is 18.0. The molecule has 1 N–H and O–H groups in total. The number of hydrogen-bond donors (Lipinski definition) is 1. The van der Waals surface area contributed by atoms with Crippen LogP contribution >= 0.6 is 11.3 Å². The highest BCUT2D eigenvalue weighted by molar-refractivity contribution is 7.09. The highest BCUT2D eigenvalue weighted by atomic mass is 32.1. The van der Waals surface area contributed by atoms with E-state index < -0.39 is 6.04 Å². The molecule has 1 atom stereocenters. The minimum Gasteiger partial charge on any atom is -0.344 e. The van der Waals surface area contributed by atoms with E-state index in [1.165, 1.54) is 4.88 Å². The van der Waals surface area contributed by atoms with Crippen molar-refractivity contribution in [2.45, 2.75) is 44.7 Å². The number of nitrogens with zero attached hydrogens (tertiary/aromatic N) is 2. The molecule has 6 heteroatoms. The fourth-order valence-corrected chi connectivity index (χ4v) is 4.60. The van der Waals surface area contributed by atoms with E-state index in [4.69, 9.17) is 0 Å². The van der Waals surface area contributed by atoms with Gasteiger partial charge < -0.3 is 15.1 Å². The molecule has 0 spiro atoms. The number of benzene rings is 2. The van der Waals surface area contributed by atoms with Gasteiger partial charge in [0, 0.05) is 37.5 Å². The highest BCUT2D eigenvalue weighted by Gasteiger charge is 2.29. The van der Waals surface area contributed by atoms with E-state index in [2.05, 4.69) is 55.6 Å². The smallest absolute Gasteiger partial charge is 0.246 e. The summed E-state index contributed by atoms with van der Waals surface area (Å²) in [5, 5.41) is 7.58. The van der Waals surface area contributed by atoms with E-state index in [1.807, 2.05) is 43.8 Å². The van der Waals surface area contributed by atoms with E-state index >= 15 is 0 Å². The van der Waals surface area contributed by atoms with Gasteiger partial charge in [0.2, 0.25) is 11.8 Å². The summed E-state index contributed by atoms with van der Waals surface area (Å²) in [6.45, 7) is 4.78. The summed E-state index contributed by atoms with van der Waals surface area (Å²) < 4.78 is 0. The van der Waals surface area contributed by atoms with Gasteiger partial charge in [-0.3, -0.25) is 9.59 Å². The monoisotopic (exact) mass is 491 g/mol. The lowest BCUT2D eigenvalue weighted by atomic mass is 9.99.